The fourth-order valence-corrected chi connectivity index (χ4v) is 1.01. The minimum absolute atomic E-state index is 0.0729. The van der Waals surface area contributed by atoms with Gasteiger partial charge in [0.05, 0.1) is 0 Å². The first kappa shape index (κ1) is 7.35. The largest absolute Gasteiger partial charge is 0.506 e. The van der Waals surface area contributed by atoms with Gasteiger partial charge in [0.2, 0.25) is 0 Å². The van der Waals surface area contributed by atoms with Crippen molar-refractivity contribution in [1.29, 1.82) is 0 Å². The molecule has 3 heteroatoms. The number of allylic oxidation sites excluding steroid dienone is 2. The second-order valence-corrected chi connectivity index (χ2v) is 2.57. The molecule has 0 amide bonds. The monoisotopic (exact) mass is 158 g/mol. The van der Waals surface area contributed by atoms with Crippen LogP contribution in [-0.2, 0) is 4.79 Å². The molecule has 1 aliphatic carbocycles. The maximum absolute atomic E-state index is 10.8. The Kier molecular flexibility index (Phi) is 1.81. The summed E-state index contributed by atoms with van der Waals surface area (Å²) in [6.07, 6.45) is 0.878. The molecule has 0 saturated carbocycles. The molecule has 0 heterocycles. The number of aliphatic hydroxyl groups excluding tert-OH is 1. The van der Waals surface area contributed by atoms with Gasteiger partial charge in [0.1, 0.15) is 10.8 Å². The van der Waals surface area contributed by atoms with Crippen molar-refractivity contribution in [2.24, 2.45) is 0 Å². The minimum atomic E-state index is -0.202. The third-order valence-electron chi connectivity index (χ3n) is 1.44. The van der Waals surface area contributed by atoms with Gasteiger partial charge < -0.3 is 5.11 Å². The number of rotatable bonds is 0. The summed E-state index contributed by atoms with van der Waals surface area (Å²) in [6.45, 7) is 3.54. The van der Waals surface area contributed by atoms with E-state index < -0.39 is 0 Å². The lowest BCUT2D eigenvalue weighted by atomic mass is 10.0. The molecule has 1 rings (SSSR count). The van der Waals surface area contributed by atoms with Gasteiger partial charge in [-0.2, -0.15) is 0 Å². The first-order valence-electron chi connectivity index (χ1n) is 2.93. The van der Waals surface area contributed by atoms with Crippen molar-refractivity contribution in [1.82, 2.24) is 0 Å². The van der Waals surface area contributed by atoms with Gasteiger partial charge in [-0.3, -0.25) is 4.79 Å². The van der Waals surface area contributed by atoms with Gasteiger partial charge in [0.15, 0.2) is 5.78 Å². The third-order valence-corrected chi connectivity index (χ3v) is 1.83. The number of halogens is 1. The second-order valence-electron chi connectivity index (χ2n) is 2.19. The third kappa shape index (κ3) is 1.07. The first-order valence-corrected chi connectivity index (χ1v) is 3.31. The molecule has 0 bridgehead atoms. The lowest BCUT2D eigenvalue weighted by Crippen LogP contribution is -2.08. The van der Waals surface area contributed by atoms with E-state index in [0.29, 0.717) is 18.4 Å². The van der Waals surface area contributed by atoms with Gasteiger partial charge in [0, 0.05) is 6.42 Å². The number of aliphatic hydroxyl groups is 1. The van der Waals surface area contributed by atoms with Crippen molar-refractivity contribution >= 4 is 17.4 Å². The molecular formula is C7H7ClO2. The number of carbonyl (C=O) groups excluding carboxylic acids is 1. The number of carbonyl (C=O) groups is 1. The SMILES string of the molecule is C=C1CCC(=O)C(Cl)=C1O. The fraction of sp³-hybridized carbons (Fsp3) is 0.286. The standard InChI is InChI=1S/C7H7ClO2/c1-4-2-3-5(9)6(8)7(4)10/h10H,1-3H2. The number of hydrogen-bond acceptors (Lipinski definition) is 2. The molecule has 0 fully saturated rings. The Labute approximate surface area is 63.8 Å². The van der Waals surface area contributed by atoms with E-state index in [0.717, 1.165) is 0 Å². The van der Waals surface area contributed by atoms with Crippen LogP contribution >= 0.6 is 11.6 Å². The van der Waals surface area contributed by atoms with E-state index >= 15 is 0 Å². The summed E-state index contributed by atoms with van der Waals surface area (Å²) in [4.78, 5) is 10.8. The molecular weight excluding hydrogens is 152 g/mol. The zero-order chi connectivity index (χ0) is 7.72. The van der Waals surface area contributed by atoms with Crippen molar-refractivity contribution in [2.45, 2.75) is 12.8 Å². The summed E-state index contributed by atoms with van der Waals surface area (Å²) >= 11 is 5.43. The Morgan fingerprint density at radius 3 is 2.60 bits per heavy atom. The van der Waals surface area contributed by atoms with Crippen molar-refractivity contribution in [3.63, 3.8) is 0 Å². The van der Waals surface area contributed by atoms with Crippen LogP contribution in [-0.4, -0.2) is 10.9 Å². The number of Topliss-reactive ketones (excluding diaryl/α,β-unsaturated/α-hetero) is 1. The molecule has 0 aliphatic heterocycles. The molecule has 0 spiro atoms. The van der Waals surface area contributed by atoms with Crippen LogP contribution in [0.25, 0.3) is 0 Å². The molecule has 0 aromatic heterocycles. The number of ketones is 1. The van der Waals surface area contributed by atoms with Gasteiger partial charge in [-0.25, -0.2) is 0 Å². The van der Waals surface area contributed by atoms with E-state index in [1.165, 1.54) is 0 Å². The summed E-state index contributed by atoms with van der Waals surface area (Å²) in [7, 11) is 0. The predicted molar refractivity (Wildman–Crippen MR) is 38.9 cm³/mol. The zero-order valence-electron chi connectivity index (χ0n) is 5.35. The second kappa shape index (κ2) is 2.46. The Balaban J connectivity index is 3.03. The maximum atomic E-state index is 10.8. The minimum Gasteiger partial charge on any atom is -0.506 e. The van der Waals surface area contributed by atoms with Crippen LogP contribution in [0.5, 0.6) is 0 Å². The zero-order valence-corrected chi connectivity index (χ0v) is 6.11. The molecule has 0 atom stereocenters. The Morgan fingerprint density at radius 2 is 2.10 bits per heavy atom. The van der Waals surface area contributed by atoms with Crippen LogP contribution in [0.15, 0.2) is 22.9 Å². The van der Waals surface area contributed by atoms with Crippen LogP contribution in [0.1, 0.15) is 12.8 Å². The van der Waals surface area contributed by atoms with Gasteiger partial charge in [-0.05, 0) is 12.0 Å². The highest BCUT2D eigenvalue weighted by molar-refractivity contribution is 6.43. The molecule has 2 nitrogen and oxygen atoms in total. The molecule has 0 unspecified atom stereocenters. The van der Waals surface area contributed by atoms with Gasteiger partial charge in [0.25, 0.3) is 0 Å². The summed E-state index contributed by atoms with van der Waals surface area (Å²) in [5.41, 5.74) is 0.546. The van der Waals surface area contributed by atoms with E-state index in [-0.39, 0.29) is 16.6 Å². The van der Waals surface area contributed by atoms with Crippen LogP contribution in [0.4, 0.5) is 0 Å². The summed E-state index contributed by atoms with van der Waals surface area (Å²) in [6, 6.07) is 0. The Hall–Kier alpha value is -0.760. The Morgan fingerprint density at radius 1 is 1.50 bits per heavy atom. The van der Waals surface area contributed by atoms with Crippen molar-refractivity contribution < 1.29 is 9.90 Å². The lowest BCUT2D eigenvalue weighted by Gasteiger charge is -2.11. The quantitative estimate of drug-likeness (QED) is 0.585. The van der Waals surface area contributed by atoms with Crippen molar-refractivity contribution in [2.75, 3.05) is 0 Å². The average molecular weight is 159 g/mol. The predicted octanol–water partition coefficient (Wildman–Crippen LogP) is 1.91. The van der Waals surface area contributed by atoms with Crippen LogP contribution < -0.4 is 0 Å². The van der Waals surface area contributed by atoms with Crippen LogP contribution in [0, 0.1) is 0 Å². The van der Waals surface area contributed by atoms with E-state index in [4.69, 9.17) is 16.7 Å². The molecule has 10 heavy (non-hydrogen) atoms. The van der Waals surface area contributed by atoms with Gasteiger partial charge in [-0.1, -0.05) is 18.2 Å². The molecule has 0 aromatic carbocycles. The van der Waals surface area contributed by atoms with Crippen molar-refractivity contribution in [3.05, 3.63) is 22.9 Å². The van der Waals surface area contributed by atoms with Crippen LogP contribution in [0.3, 0.4) is 0 Å². The normalized spacial score (nSPS) is 20.1. The molecule has 1 N–H and O–H groups in total. The number of hydrogen-bond donors (Lipinski definition) is 1. The molecule has 0 saturated heterocycles. The first-order chi connectivity index (χ1) is 4.63. The average Bonchev–Trinajstić information content (AvgIpc) is 1.93. The smallest absolute Gasteiger partial charge is 0.178 e. The summed E-state index contributed by atoms with van der Waals surface area (Å²) in [5, 5.41) is 8.97. The molecule has 0 aromatic rings. The summed E-state index contributed by atoms with van der Waals surface area (Å²) < 4.78 is 0. The van der Waals surface area contributed by atoms with E-state index in [1.54, 1.807) is 0 Å². The highest BCUT2D eigenvalue weighted by Crippen LogP contribution is 2.25. The highest BCUT2D eigenvalue weighted by atomic mass is 35.5. The fourth-order valence-electron chi connectivity index (χ4n) is 0.780. The molecule has 1 aliphatic rings. The van der Waals surface area contributed by atoms with Gasteiger partial charge >= 0.3 is 0 Å². The Bertz CT molecular complexity index is 204. The van der Waals surface area contributed by atoms with Crippen molar-refractivity contribution in [3.8, 4) is 0 Å². The summed E-state index contributed by atoms with van der Waals surface area (Å²) in [5.74, 6) is -0.343. The highest BCUT2D eigenvalue weighted by Gasteiger charge is 2.20. The van der Waals surface area contributed by atoms with Crippen LogP contribution in [0.2, 0.25) is 0 Å². The molecule has 54 valence electrons. The topological polar surface area (TPSA) is 37.3 Å². The van der Waals surface area contributed by atoms with E-state index in [2.05, 4.69) is 6.58 Å². The van der Waals surface area contributed by atoms with E-state index in [9.17, 15) is 4.79 Å². The van der Waals surface area contributed by atoms with E-state index in [1.807, 2.05) is 0 Å². The maximum Gasteiger partial charge on any atom is 0.178 e. The van der Waals surface area contributed by atoms with Gasteiger partial charge in [-0.15, -0.1) is 0 Å². The lowest BCUT2D eigenvalue weighted by molar-refractivity contribution is -0.115. The molecule has 0 radical (unpaired) electrons.